The number of allylic oxidation sites excluding steroid dienone is 2. The molecule has 4 heterocycles. The summed E-state index contributed by atoms with van der Waals surface area (Å²) in [5.74, 6) is 0.715. The molecule has 2 N–H and O–H groups in total. The van der Waals surface area contributed by atoms with Gasteiger partial charge in [-0.3, -0.25) is 15.1 Å². The highest BCUT2D eigenvalue weighted by atomic mass is 15.1. The van der Waals surface area contributed by atoms with Crippen molar-refractivity contribution in [1.29, 1.82) is 0 Å². The summed E-state index contributed by atoms with van der Waals surface area (Å²) in [5.41, 5.74) is 8.85. The maximum Gasteiger partial charge on any atom is 0.159 e. The number of nitrogens with zero attached hydrogens (tertiary/aromatic N) is 4. The summed E-state index contributed by atoms with van der Waals surface area (Å²) in [7, 11) is 0. The molecule has 156 valence electrons. The van der Waals surface area contributed by atoms with Gasteiger partial charge in [0, 0.05) is 47.0 Å². The molecule has 4 aromatic heterocycles. The number of aryl methyl sites for hydroxylation is 2. The van der Waals surface area contributed by atoms with E-state index >= 15 is 0 Å². The van der Waals surface area contributed by atoms with Crippen LogP contribution in [0.4, 0.5) is 0 Å². The summed E-state index contributed by atoms with van der Waals surface area (Å²) in [6.07, 6.45) is 11.0. The zero-order valence-corrected chi connectivity index (χ0v) is 17.9. The largest absolute Gasteiger partial charge is 0.340 e. The van der Waals surface area contributed by atoms with E-state index in [1.807, 2.05) is 50.5 Å². The third kappa shape index (κ3) is 3.52. The molecule has 0 aliphatic heterocycles. The van der Waals surface area contributed by atoms with Crippen LogP contribution >= 0.6 is 0 Å². The number of aromatic nitrogens is 6. The van der Waals surface area contributed by atoms with Crippen molar-refractivity contribution >= 4 is 16.5 Å². The van der Waals surface area contributed by atoms with Gasteiger partial charge in [-0.1, -0.05) is 24.8 Å². The maximum absolute atomic E-state index is 4.93. The highest BCUT2D eigenvalue weighted by molar-refractivity contribution is 5.94. The van der Waals surface area contributed by atoms with Crippen LogP contribution in [0.2, 0.25) is 0 Å². The summed E-state index contributed by atoms with van der Waals surface area (Å²) in [5, 5.41) is 8.70. The number of hydrogen-bond acceptors (Lipinski definition) is 4. The van der Waals surface area contributed by atoms with Gasteiger partial charge in [0.15, 0.2) is 5.82 Å². The molecule has 1 aromatic carbocycles. The summed E-state index contributed by atoms with van der Waals surface area (Å²) >= 11 is 0. The summed E-state index contributed by atoms with van der Waals surface area (Å²) in [4.78, 5) is 16.8. The molecule has 6 heteroatoms. The van der Waals surface area contributed by atoms with Crippen LogP contribution in [0, 0.1) is 13.8 Å². The van der Waals surface area contributed by atoms with E-state index in [-0.39, 0.29) is 0 Å². The van der Waals surface area contributed by atoms with Gasteiger partial charge < -0.3 is 4.98 Å². The van der Waals surface area contributed by atoms with Gasteiger partial charge in [0.1, 0.15) is 5.69 Å². The van der Waals surface area contributed by atoms with Crippen LogP contribution in [-0.4, -0.2) is 30.1 Å². The number of nitrogens with one attached hydrogen (secondary N) is 2. The molecule has 0 saturated heterocycles. The van der Waals surface area contributed by atoms with Crippen LogP contribution in [0.1, 0.15) is 22.5 Å². The lowest BCUT2D eigenvalue weighted by Crippen LogP contribution is -1.91. The van der Waals surface area contributed by atoms with Crippen LogP contribution in [-0.2, 0) is 0 Å². The minimum absolute atomic E-state index is 0.715. The molecular weight excluding hydrogens is 396 g/mol. The van der Waals surface area contributed by atoms with Crippen LogP contribution in [0.25, 0.3) is 39.1 Å². The molecular formula is C26H22N6. The van der Waals surface area contributed by atoms with E-state index in [1.54, 1.807) is 18.5 Å². The molecule has 5 aromatic rings. The smallest absolute Gasteiger partial charge is 0.159 e. The number of H-pyrrole nitrogens is 2. The van der Waals surface area contributed by atoms with Crippen LogP contribution in [0.15, 0.2) is 79.9 Å². The first kappa shape index (κ1) is 19.6. The molecule has 32 heavy (non-hydrogen) atoms. The molecule has 0 unspecified atom stereocenters. The lowest BCUT2D eigenvalue weighted by molar-refractivity contribution is 1.10. The van der Waals surface area contributed by atoms with E-state index in [9.17, 15) is 0 Å². The van der Waals surface area contributed by atoms with Crippen molar-refractivity contribution in [3.63, 3.8) is 0 Å². The van der Waals surface area contributed by atoms with Gasteiger partial charge in [-0.15, -0.1) is 0 Å². The first-order chi connectivity index (χ1) is 15.6. The molecule has 5 rings (SSSR count). The number of benzene rings is 1. The molecule has 0 amide bonds. The fourth-order valence-electron chi connectivity index (χ4n) is 3.88. The van der Waals surface area contributed by atoms with E-state index in [4.69, 9.17) is 4.98 Å². The van der Waals surface area contributed by atoms with E-state index in [0.29, 0.717) is 5.82 Å². The third-order valence-electron chi connectivity index (χ3n) is 5.41. The Bertz CT molecular complexity index is 1460. The second-order valence-electron chi connectivity index (χ2n) is 7.69. The molecule has 0 saturated carbocycles. The minimum Gasteiger partial charge on any atom is -0.340 e. The Kier molecular flexibility index (Phi) is 4.95. The summed E-state index contributed by atoms with van der Waals surface area (Å²) < 4.78 is 0. The Labute approximate surface area is 185 Å². The standard InChI is InChI=1S/C26H22N6/c1-4-5-21(18-8-10-27-11-9-18)24-17(3)29-26(30-24)25-22-13-19(6-7-23(22)31-32-25)20-12-16(2)14-28-15-20/h4-15H,1H2,2-3H3,(H,29,30)(H,31,32)/b21-5-. The van der Waals surface area contributed by atoms with Crippen molar-refractivity contribution in [3.8, 4) is 22.6 Å². The second kappa shape index (κ2) is 8.07. The first-order valence-electron chi connectivity index (χ1n) is 10.3. The quantitative estimate of drug-likeness (QED) is 0.362. The van der Waals surface area contributed by atoms with Gasteiger partial charge in [-0.05, 0) is 60.9 Å². The number of hydrogen-bond donors (Lipinski definition) is 2. The predicted octanol–water partition coefficient (Wildman–Crippen LogP) is 5.64. The third-order valence-corrected chi connectivity index (χ3v) is 5.41. The van der Waals surface area contributed by atoms with Crippen molar-refractivity contribution in [1.82, 2.24) is 30.1 Å². The Morgan fingerprint density at radius 2 is 1.81 bits per heavy atom. The Morgan fingerprint density at radius 3 is 2.59 bits per heavy atom. The average Bonchev–Trinajstić information content (AvgIpc) is 3.41. The Morgan fingerprint density at radius 1 is 0.969 bits per heavy atom. The topological polar surface area (TPSA) is 83.1 Å². The molecule has 0 atom stereocenters. The zero-order chi connectivity index (χ0) is 22.1. The molecule has 0 spiro atoms. The van der Waals surface area contributed by atoms with Gasteiger partial charge in [0.2, 0.25) is 0 Å². The molecule has 0 aliphatic rings. The van der Waals surface area contributed by atoms with Crippen molar-refractivity contribution in [3.05, 3.63) is 102 Å². The fourth-order valence-corrected chi connectivity index (χ4v) is 3.88. The van der Waals surface area contributed by atoms with Gasteiger partial charge in [0.25, 0.3) is 0 Å². The Balaban J connectivity index is 1.61. The minimum atomic E-state index is 0.715. The van der Waals surface area contributed by atoms with Crippen LogP contribution < -0.4 is 0 Å². The molecule has 0 radical (unpaired) electrons. The number of fused-ring (bicyclic) bond motifs is 1. The Hall–Kier alpha value is -4.32. The van der Waals surface area contributed by atoms with Gasteiger partial charge in [-0.2, -0.15) is 5.10 Å². The lowest BCUT2D eigenvalue weighted by Gasteiger charge is -2.05. The molecule has 0 fully saturated rings. The number of pyridine rings is 2. The van der Waals surface area contributed by atoms with Crippen LogP contribution in [0.3, 0.4) is 0 Å². The second-order valence-corrected chi connectivity index (χ2v) is 7.69. The number of rotatable bonds is 5. The average molecular weight is 419 g/mol. The van der Waals surface area contributed by atoms with Crippen LogP contribution in [0.5, 0.6) is 0 Å². The fraction of sp³-hybridized carbons (Fsp3) is 0.0769. The predicted molar refractivity (Wildman–Crippen MR) is 128 cm³/mol. The maximum atomic E-state index is 4.93. The van der Waals surface area contributed by atoms with Gasteiger partial charge >= 0.3 is 0 Å². The van der Waals surface area contributed by atoms with Gasteiger partial charge in [0.05, 0.1) is 11.2 Å². The number of aromatic amines is 2. The molecule has 0 bridgehead atoms. The van der Waals surface area contributed by atoms with Crippen molar-refractivity contribution in [2.75, 3.05) is 0 Å². The van der Waals surface area contributed by atoms with Crippen molar-refractivity contribution in [2.24, 2.45) is 0 Å². The van der Waals surface area contributed by atoms with E-state index in [1.165, 1.54) is 0 Å². The van der Waals surface area contributed by atoms with Crippen molar-refractivity contribution in [2.45, 2.75) is 13.8 Å². The highest BCUT2D eigenvalue weighted by Crippen LogP contribution is 2.32. The molecule has 0 aliphatic carbocycles. The lowest BCUT2D eigenvalue weighted by atomic mass is 10.0. The normalized spacial score (nSPS) is 11.8. The SMILES string of the molecule is C=C/C=C(/c1ccncc1)c1nc(-c2n[nH]c3ccc(-c4cncc(C)c4)cc23)[nH]c1C. The summed E-state index contributed by atoms with van der Waals surface area (Å²) in [6.45, 7) is 7.93. The zero-order valence-electron chi connectivity index (χ0n) is 17.9. The van der Waals surface area contributed by atoms with E-state index in [0.717, 1.165) is 55.8 Å². The van der Waals surface area contributed by atoms with E-state index < -0.39 is 0 Å². The summed E-state index contributed by atoms with van der Waals surface area (Å²) in [6, 6.07) is 12.3. The first-order valence-corrected chi connectivity index (χ1v) is 10.3. The van der Waals surface area contributed by atoms with Gasteiger partial charge in [-0.25, -0.2) is 4.98 Å². The van der Waals surface area contributed by atoms with Crippen molar-refractivity contribution < 1.29 is 0 Å². The highest BCUT2D eigenvalue weighted by Gasteiger charge is 2.18. The van der Waals surface area contributed by atoms with E-state index in [2.05, 4.69) is 49.9 Å². The monoisotopic (exact) mass is 418 g/mol. The number of imidazole rings is 1. The molecule has 6 nitrogen and oxygen atoms in total.